The second-order valence-corrected chi connectivity index (χ2v) is 5.45. The summed E-state index contributed by atoms with van der Waals surface area (Å²) < 4.78 is 0. The van der Waals surface area contributed by atoms with Crippen LogP contribution in [0.2, 0.25) is 0 Å². The van der Waals surface area contributed by atoms with Gasteiger partial charge >= 0.3 is 0 Å². The van der Waals surface area contributed by atoms with Gasteiger partial charge in [0.15, 0.2) is 0 Å². The van der Waals surface area contributed by atoms with Crippen molar-refractivity contribution in [3.05, 3.63) is 30.1 Å². The van der Waals surface area contributed by atoms with E-state index in [4.69, 9.17) is 0 Å². The number of aromatic amines is 1. The molecule has 19 heavy (non-hydrogen) atoms. The molecule has 0 aliphatic rings. The lowest BCUT2D eigenvalue weighted by Crippen LogP contribution is -2.38. The van der Waals surface area contributed by atoms with Crippen LogP contribution in [0.25, 0.3) is 11.4 Å². The molecule has 2 aromatic rings. The molecule has 2 aromatic heterocycles. The minimum Gasteiger partial charge on any atom is -0.385 e. The van der Waals surface area contributed by atoms with Crippen molar-refractivity contribution >= 4 is 0 Å². The first kappa shape index (κ1) is 13.6. The largest absolute Gasteiger partial charge is 0.385 e. The predicted octanol–water partition coefficient (Wildman–Crippen LogP) is 1.29. The molecule has 0 amide bonds. The fourth-order valence-corrected chi connectivity index (χ4v) is 1.61. The molecule has 0 radical (unpaired) electrons. The van der Waals surface area contributed by atoms with Crippen molar-refractivity contribution in [1.82, 2.24) is 25.7 Å². The third-order valence-corrected chi connectivity index (χ3v) is 2.62. The van der Waals surface area contributed by atoms with Crippen molar-refractivity contribution < 1.29 is 5.11 Å². The number of hydrogen-bond acceptors (Lipinski definition) is 5. The molecule has 0 spiro atoms. The molecule has 2 rings (SSSR count). The van der Waals surface area contributed by atoms with Crippen molar-refractivity contribution in [2.24, 2.45) is 0 Å². The maximum atomic E-state index is 10.1. The van der Waals surface area contributed by atoms with Crippen LogP contribution in [0.5, 0.6) is 0 Å². The average molecular weight is 261 g/mol. The molecule has 0 bridgehead atoms. The fourth-order valence-electron chi connectivity index (χ4n) is 1.61. The molecule has 1 unspecified atom stereocenters. The summed E-state index contributed by atoms with van der Waals surface area (Å²) in [4.78, 5) is 4.40. The summed E-state index contributed by atoms with van der Waals surface area (Å²) in [5.74, 6) is 0. The van der Waals surface area contributed by atoms with Crippen molar-refractivity contribution in [3.8, 4) is 11.4 Å². The van der Waals surface area contributed by atoms with Gasteiger partial charge in [0.05, 0.1) is 17.6 Å². The highest BCUT2D eigenvalue weighted by Gasteiger charge is 2.15. The van der Waals surface area contributed by atoms with E-state index in [-0.39, 0.29) is 5.54 Å². The zero-order valence-electron chi connectivity index (χ0n) is 11.4. The Balaban J connectivity index is 2.10. The molecule has 6 heteroatoms. The SMILES string of the molecule is CC(C)(C)NCC(O)c1cccc(-c2cn[nH]n2)n1. The first-order valence-electron chi connectivity index (χ1n) is 6.22. The van der Waals surface area contributed by atoms with Crippen LogP contribution in [0.4, 0.5) is 0 Å². The summed E-state index contributed by atoms with van der Waals surface area (Å²) in [6.45, 7) is 6.62. The number of aliphatic hydroxyl groups excluding tert-OH is 1. The molecule has 1 atom stereocenters. The zero-order valence-corrected chi connectivity index (χ0v) is 11.4. The first-order valence-corrected chi connectivity index (χ1v) is 6.22. The smallest absolute Gasteiger partial charge is 0.131 e. The molecule has 0 aliphatic carbocycles. The lowest BCUT2D eigenvalue weighted by atomic mass is 10.1. The number of hydrogen-bond donors (Lipinski definition) is 3. The van der Waals surface area contributed by atoms with Gasteiger partial charge in [-0.1, -0.05) is 6.07 Å². The maximum Gasteiger partial charge on any atom is 0.131 e. The summed E-state index contributed by atoms with van der Waals surface area (Å²) >= 11 is 0. The lowest BCUT2D eigenvalue weighted by molar-refractivity contribution is 0.159. The topological polar surface area (TPSA) is 86.7 Å². The summed E-state index contributed by atoms with van der Waals surface area (Å²) in [5, 5.41) is 23.7. The number of aromatic nitrogens is 4. The Morgan fingerprint density at radius 2 is 2.11 bits per heavy atom. The third kappa shape index (κ3) is 3.84. The molecular formula is C13H19N5O. The molecule has 0 aliphatic heterocycles. The third-order valence-electron chi connectivity index (χ3n) is 2.62. The number of aliphatic hydroxyl groups is 1. The van der Waals surface area contributed by atoms with Crippen LogP contribution in [0.15, 0.2) is 24.4 Å². The van der Waals surface area contributed by atoms with Crippen LogP contribution < -0.4 is 5.32 Å². The molecule has 0 saturated heterocycles. The summed E-state index contributed by atoms with van der Waals surface area (Å²) in [6, 6.07) is 5.50. The Labute approximate surface area is 112 Å². The maximum absolute atomic E-state index is 10.1. The minimum atomic E-state index is -0.647. The van der Waals surface area contributed by atoms with Crippen LogP contribution in [0.1, 0.15) is 32.6 Å². The molecule has 2 heterocycles. The quantitative estimate of drug-likeness (QED) is 0.772. The van der Waals surface area contributed by atoms with E-state index in [1.165, 1.54) is 0 Å². The fraction of sp³-hybridized carbons (Fsp3) is 0.462. The van der Waals surface area contributed by atoms with Crippen LogP contribution in [0.3, 0.4) is 0 Å². The summed E-state index contributed by atoms with van der Waals surface area (Å²) in [7, 11) is 0. The summed E-state index contributed by atoms with van der Waals surface area (Å²) in [6.07, 6.45) is 0.956. The van der Waals surface area contributed by atoms with Crippen LogP contribution in [-0.4, -0.2) is 37.6 Å². The Kier molecular flexibility index (Phi) is 3.92. The Morgan fingerprint density at radius 1 is 1.32 bits per heavy atom. The van der Waals surface area contributed by atoms with E-state index in [1.807, 2.05) is 12.1 Å². The van der Waals surface area contributed by atoms with E-state index in [0.717, 1.165) is 0 Å². The summed E-state index contributed by atoms with van der Waals surface area (Å²) in [5.41, 5.74) is 1.95. The van der Waals surface area contributed by atoms with Crippen molar-refractivity contribution in [2.75, 3.05) is 6.54 Å². The highest BCUT2D eigenvalue weighted by atomic mass is 16.3. The van der Waals surface area contributed by atoms with Gasteiger partial charge in [0.25, 0.3) is 0 Å². The van der Waals surface area contributed by atoms with Gasteiger partial charge in [-0.3, -0.25) is 0 Å². The van der Waals surface area contributed by atoms with E-state index < -0.39 is 6.10 Å². The predicted molar refractivity (Wildman–Crippen MR) is 72.3 cm³/mol. The molecular weight excluding hydrogens is 242 g/mol. The van der Waals surface area contributed by atoms with E-state index in [0.29, 0.717) is 23.6 Å². The number of H-pyrrole nitrogens is 1. The highest BCUT2D eigenvalue weighted by molar-refractivity contribution is 5.52. The van der Waals surface area contributed by atoms with E-state index in [9.17, 15) is 5.11 Å². The first-order chi connectivity index (χ1) is 8.96. The van der Waals surface area contributed by atoms with Gasteiger partial charge in [-0.25, -0.2) is 4.98 Å². The number of β-amino-alcohol motifs (C(OH)–C–C–N with tert-alkyl or cyclic N) is 1. The second-order valence-electron chi connectivity index (χ2n) is 5.45. The van der Waals surface area contributed by atoms with Crippen molar-refractivity contribution in [3.63, 3.8) is 0 Å². The molecule has 0 aromatic carbocycles. The van der Waals surface area contributed by atoms with Crippen molar-refractivity contribution in [1.29, 1.82) is 0 Å². The number of nitrogens with zero attached hydrogens (tertiary/aromatic N) is 3. The van der Waals surface area contributed by atoms with E-state index >= 15 is 0 Å². The van der Waals surface area contributed by atoms with Crippen molar-refractivity contribution in [2.45, 2.75) is 32.4 Å². The van der Waals surface area contributed by atoms with E-state index in [1.54, 1.807) is 12.3 Å². The van der Waals surface area contributed by atoms with Gasteiger partial charge in [-0.2, -0.15) is 15.4 Å². The molecule has 3 N–H and O–H groups in total. The van der Waals surface area contributed by atoms with Gasteiger partial charge in [-0.15, -0.1) is 0 Å². The number of rotatable bonds is 4. The molecule has 0 fully saturated rings. The lowest BCUT2D eigenvalue weighted by Gasteiger charge is -2.22. The number of pyridine rings is 1. The Morgan fingerprint density at radius 3 is 2.74 bits per heavy atom. The monoisotopic (exact) mass is 261 g/mol. The second kappa shape index (κ2) is 5.46. The molecule has 102 valence electrons. The molecule has 0 saturated carbocycles. The normalized spacial score (nSPS) is 13.5. The Bertz CT molecular complexity index is 518. The molecule has 6 nitrogen and oxygen atoms in total. The van der Waals surface area contributed by atoms with Crippen LogP contribution >= 0.6 is 0 Å². The average Bonchev–Trinajstić information content (AvgIpc) is 2.89. The minimum absolute atomic E-state index is 0.0370. The van der Waals surface area contributed by atoms with Gasteiger partial charge in [0.1, 0.15) is 11.8 Å². The number of nitrogens with one attached hydrogen (secondary N) is 2. The van der Waals surface area contributed by atoms with E-state index in [2.05, 4.69) is 46.5 Å². The van der Waals surface area contributed by atoms with Gasteiger partial charge in [0, 0.05) is 12.1 Å². The standard InChI is InChI=1S/C13H19N5O/c1-13(2,3)14-8-12(19)10-6-4-5-9(16-10)11-7-15-18-17-11/h4-7,12,14,19H,8H2,1-3H3,(H,15,17,18). The van der Waals surface area contributed by atoms with Gasteiger partial charge in [0.2, 0.25) is 0 Å². The Hall–Kier alpha value is -1.79. The van der Waals surface area contributed by atoms with Gasteiger partial charge < -0.3 is 10.4 Å². The zero-order chi connectivity index (χ0) is 13.9. The highest BCUT2D eigenvalue weighted by Crippen LogP contribution is 2.17. The van der Waals surface area contributed by atoms with Crippen LogP contribution in [-0.2, 0) is 0 Å². The van der Waals surface area contributed by atoms with Gasteiger partial charge in [-0.05, 0) is 32.9 Å². The van der Waals surface area contributed by atoms with Crippen LogP contribution in [0, 0.1) is 0 Å².